The summed E-state index contributed by atoms with van der Waals surface area (Å²) in [6.45, 7) is 3.35. The molecular weight excluding hydrogens is 160 g/mol. The van der Waals surface area contributed by atoms with Crippen LogP contribution in [0.2, 0.25) is 0 Å². The predicted molar refractivity (Wildman–Crippen MR) is 40.3 cm³/mol. The van der Waals surface area contributed by atoms with Crippen LogP contribution in [-0.4, -0.2) is 24.1 Å². The molecule has 0 spiro atoms. The Kier molecular flexibility index (Phi) is 2.68. The monoisotopic (exact) mass is 172 g/mol. The van der Waals surface area contributed by atoms with E-state index in [1.807, 2.05) is 0 Å². The Morgan fingerprint density at radius 1 is 1.00 bits per heavy atom. The summed E-state index contributed by atoms with van der Waals surface area (Å²) in [4.78, 5) is 21.9. The molecule has 68 valence electrons. The summed E-state index contributed by atoms with van der Waals surface area (Å²) in [5.41, 5.74) is 0. The van der Waals surface area contributed by atoms with Crippen molar-refractivity contribution in [1.82, 2.24) is 0 Å². The van der Waals surface area contributed by atoms with Gasteiger partial charge in [0, 0.05) is 0 Å². The zero-order valence-corrected chi connectivity index (χ0v) is 7.20. The second-order valence-corrected chi connectivity index (χ2v) is 3.01. The summed E-state index contributed by atoms with van der Waals surface area (Å²) in [5, 5.41) is 0. The molecule has 0 N–H and O–H groups in total. The minimum atomic E-state index is -0.363. The lowest BCUT2D eigenvalue weighted by Crippen LogP contribution is -2.29. The highest BCUT2D eigenvalue weighted by Gasteiger charge is 2.22. The third-order valence-electron chi connectivity index (χ3n) is 1.57. The van der Waals surface area contributed by atoms with Gasteiger partial charge in [-0.3, -0.25) is 9.59 Å². The van der Waals surface area contributed by atoms with Crippen molar-refractivity contribution >= 4 is 11.9 Å². The van der Waals surface area contributed by atoms with Gasteiger partial charge >= 0.3 is 11.9 Å². The van der Waals surface area contributed by atoms with Crippen LogP contribution >= 0.6 is 0 Å². The first-order valence-electron chi connectivity index (χ1n) is 3.97. The lowest BCUT2D eigenvalue weighted by molar-refractivity contribution is -0.166. The van der Waals surface area contributed by atoms with E-state index < -0.39 is 0 Å². The minimum absolute atomic E-state index is 0.149. The zero-order valence-electron chi connectivity index (χ0n) is 7.20. The molecule has 0 bridgehead atoms. The summed E-state index contributed by atoms with van der Waals surface area (Å²) in [5.74, 6) is -0.606. The van der Waals surface area contributed by atoms with Crippen LogP contribution in [-0.2, 0) is 19.1 Å². The molecule has 1 fully saturated rings. The number of rotatable bonds is 0. The Balaban J connectivity index is 2.57. The van der Waals surface area contributed by atoms with Gasteiger partial charge in [0.1, 0.15) is 12.2 Å². The molecule has 1 heterocycles. The number of carbonyl (C=O) groups is 2. The first-order valence-corrected chi connectivity index (χ1v) is 3.97. The van der Waals surface area contributed by atoms with E-state index in [1.165, 1.54) is 0 Å². The SMILES string of the molecule is C[C@@H]1CC(=O)O[C@@H](C)CC(=O)O1. The van der Waals surface area contributed by atoms with Crippen molar-refractivity contribution < 1.29 is 19.1 Å². The average molecular weight is 172 g/mol. The van der Waals surface area contributed by atoms with Crippen molar-refractivity contribution in [2.24, 2.45) is 0 Å². The van der Waals surface area contributed by atoms with E-state index in [0.29, 0.717) is 0 Å². The lowest BCUT2D eigenvalue weighted by Gasteiger charge is -2.20. The molecule has 4 nitrogen and oxygen atoms in total. The summed E-state index contributed by atoms with van der Waals surface area (Å²) >= 11 is 0. The maximum Gasteiger partial charge on any atom is 0.309 e. The third-order valence-corrected chi connectivity index (χ3v) is 1.57. The van der Waals surface area contributed by atoms with Gasteiger partial charge in [0.2, 0.25) is 0 Å². The molecule has 2 atom stereocenters. The molecular formula is C8H12O4. The molecule has 0 aromatic rings. The van der Waals surface area contributed by atoms with E-state index in [1.54, 1.807) is 13.8 Å². The van der Waals surface area contributed by atoms with Gasteiger partial charge in [-0.25, -0.2) is 0 Å². The maximum absolute atomic E-state index is 10.9. The van der Waals surface area contributed by atoms with Gasteiger partial charge in [-0.15, -0.1) is 0 Å². The van der Waals surface area contributed by atoms with Gasteiger partial charge in [-0.05, 0) is 13.8 Å². The van der Waals surface area contributed by atoms with Crippen molar-refractivity contribution in [3.05, 3.63) is 0 Å². The second-order valence-electron chi connectivity index (χ2n) is 3.01. The zero-order chi connectivity index (χ0) is 9.14. The van der Waals surface area contributed by atoms with E-state index in [9.17, 15) is 9.59 Å². The average Bonchev–Trinajstić information content (AvgIpc) is 1.81. The molecule has 4 heteroatoms. The van der Waals surface area contributed by atoms with Crippen molar-refractivity contribution in [3.63, 3.8) is 0 Å². The predicted octanol–water partition coefficient (Wildman–Crippen LogP) is 0.644. The molecule has 0 amide bonds. The fourth-order valence-corrected chi connectivity index (χ4v) is 1.10. The third kappa shape index (κ3) is 2.53. The van der Waals surface area contributed by atoms with Gasteiger partial charge in [-0.1, -0.05) is 0 Å². The molecule has 1 saturated heterocycles. The molecule has 0 aliphatic carbocycles. The van der Waals surface area contributed by atoms with Crippen LogP contribution in [0.5, 0.6) is 0 Å². The van der Waals surface area contributed by atoms with E-state index in [-0.39, 0.29) is 37.0 Å². The maximum atomic E-state index is 10.9. The van der Waals surface area contributed by atoms with Crippen LogP contribution < -0.4 is 0 Å². The second kappa shape index (κ2) is 3.56. The number of esters is 2. The lowest BCUT2D eigenvalue weighted by atomic mass is 10.2. The smallest absolute Gasteiger partial charge is 0.309 e. The van der Waals surface area contributed by atoms with Crippen LogP contribution in [0.15, 0.2) is 0 Å². The largest absolute Gasteiger partial charge is 0.462 e. The fraction of sp³-hybridized carbons (Fsp3) is 0.750. The molecule has 0 saturated carbocycles. The number of cyclic esters (lactones) is 2. The molecule has 0 aromatic carbocycles. The summed E-state index contributed by atoms with van der Waals surface area (Å²) in [6, 6.07) is 0. The Morgan fingerprint density at radius 2 is 1.33 bits per heavy atom. The normalized spacial score (nSPS) is 31.5. The number of hydrogen-bond acceptors (Lipinski definition) is 4. The van der Waals surface area contributed by atoms with Gasteiger partial charge in [0.05, 0.1) is 12.8 Å². The molecule has 1 aliphatic rings. The minimum Gasteiger partial charge on any atom is -0.462 e. The van der Waals surface area contributed by atoms with E-state index in [0.717, 1.165) is 0 Å². The van der Waals surface area contributed by atoms with Crippen LogP contribution in [0.25, 0.3) is 0 Å². The van der Waals surface area contributed by atoms with Crippen molar-refractivity contribution in [2.45, 2.75) is 38.9 Å². The van der Waals surface area contributed by atoms with Crippen LogP contribution in [0, 0.1) is 0 Å². The van der Waals surface area contributed by atoms with Gasteiger partial charge in [0.15, 0.2) is 0 Å². The number of ether oxygens (including phenoxy) is 2. The molecule has 0 radical (unpaired) electrons. The molecule has 1 rings (SSSR count). The molecule has 12 heavy (non-hydrogen) atoms. The highest BCUT2D eigenvalue weighted by Crippen LogP contribution is 2.10. The topological polar surface area (TPSA) is 52.6 Å². The van der Waals surface area contributed by atoms with Gasteiger partial charge in [-0.2, -0.15) is 0 Å². The first kappa shape index (κ1) is 9.03. The molecule has 0 aromatic heterocycles. The number of carbonyl (C=O) groups excluding carboxylic acids is 2. The highest BCUT2D eigenvalue weighted by molar-refractivity contribution is 5.75. The standard InChI is InChI=1S/C8H12O4/c1-5-3-7(9)12-6(2)4-8(10)11-5/h5-6H,3-4H2,1-2H3/t5-,6+. The van der Waals surface area contributed by atoms with Gasteiger partial charge < -0.3 is 9.47 Å². The fourth-order valence-electron chi connectivity index (χ4n) is 1.10. The first-order chi connectivity index (χ1) is 5.58. The van der Waals surface area contributed by atoms with Crippen LogP contribution in [0.1, 0.15) is 26.7 Å². The summed E-state index contributed by atoms with van der Waals surface area (Å²) < 4.78 is 9.78. The Labute approximate surface area is 70.8 Å². The Bertz CT molecular complexity index is 161. The van der Waals surface area contributed by atoms with E-state index in [2.05, 4.69) is 0 Å². The van der Waals surface area contributed by atoms with E-state index in [4.69, 9.17) is 9.47 Å². The number of hydrogen-bond donors (Lipinski definition) is 0. The molecule has 1 aliphatic heterocycles. The van der Waals surface area contributed by atoms with Crippen LogP contribution in [0.4, 0.5) is 0 Å². The van der Waals surface area contributed by atoms with Crippen LogP contribution in [0.3, 0.4) is 0 Å². The summed E-state index contributed by atoms with van der Waals surface area (Å²) in [6.07, 6.45) is -0.429. The highest BCUT2D eigenvalue weighted by atomic mass is 16.6. The molecule has 0 unspecified atom stereocenters. The Hall–Kier alpha value is -1.06. The van der Waals surface area contributed by atoms with E-state index >= 15 is 0 Å². The van der Waals surface area contributed by atoms with Crippen molar-refractivity contribution in [3.8, 4) is 0 Å². The van der Waals surface area contributed by atoms with Gasteiger partial charge in [0.25, 0.3) is 0 Å². The quantitative estimate of drug-likeness (QED) is 0.503. The van der Waals surface area contributed by atoms with Crippen molar-refractivity contribution in [1.29, 1.82) is 0 Å². The Morgan fingerprint density at radius 3 is 1.67 bits per heavy atom. The summed E-state index contributed by atoms with van der Waals surface area (Å²) in [7, 11) is 0. The van der Waals surface area contributed by atoms with Crippen molar-refractivity contribution in [2.75, 3.05) is 0 Å².